The minimum absolute atomic E-state index is 0.00500. The summed E-state index contributed by atoms with van der Waals surface area (Å²) in [5.41, 5.74) is 0.513. The summed E-state index contributed by atoms with van der Waals surface area (Å²) in [6.07, 6.45) is 3.98. The molecule has 10 nitrogen and oxygen atoms in total. The van der Waals surface area contributed by atoms with E-state index in [1.54, 1.807) is 33.7 Å². The van der Waals surface area contributed by atoms with Crippen LogP contribution in [0.25, 0.3) is 11.0 Å². The van der Waals surface area contributed by atoms with E-state index in [1.165, 1.54) is 6.20 Å². The largest absolute Gasteiger partial charge is 0.477 e. The van der Waals surface area contributed by atoms with Gasteiger partial charge in [0.15, 0.2) is 11.6 Å². The molecule has 3 aromatic rings. The van der Waals surface area contributed by atoms with Crippen LogP contribution >= 0.6 is 0 Å². The topological polar surface area (TPSA) is 137 Å². The van der Waals surface area contributed by atoms with Crippen LogP contribution < -0.4 is 10.3 Å². The summed E-state index contributed by atoms with van der Waals surface area (Å²) in [6.45, 7) is 0.409. The van der Waals surface area contributed by atoms with Gasteiger partial charge in [-0.15, -0.1) is 0 Å². The van der Waals surface area contributed by atoms with Crippen LogP contribution in [0.2, 0.25) is 0 Å². The third-order valence-corrected chi connectivity index (χ3v) is 7.45. The number of hydrogen-bond acceptors (Lipinski definition) is 7. The Kier molecular flexibility index (Phi) is 5.75. The number of aromatic carboxylic acids is 1. The molecule has 0 spiro atoms. The first-order chi connectivity index (χ1) is 18.8. The number of fused-ring (bicyclic) bond motifs is 2. The molecule has 2 fully saturated rings. The molecule has 4 heterocycles. The van der Waals surface area contributed by atoms with Gasteiger partial charge in [-0.25, -0.2) is 14.2 Å². The predicted octanol–water partition coefficient (Wildman–Crippen LogP) is 3.29. The number of carbonyl (C=O) groups is 3. The van der Waals surface area contributed by atoms with E-state index >= 15 is 4.39 Å². The van der Waals surface area contributed by atoms with Gasteiger partial charge in [-0.05, 0) is 49.5 Å². The molecular weight excluding hydrogens is 505 g/mol. The van der Waals surface area contributed by atoms with Crippen molar-refractivity contribution in [2.45, 2.75) is 31.7 Å². The first kappa shape index (κ1) is 24.5. The Morgan fingerprint density at radius 1 is 1.15 bits per heavy atom. The molecule has 0 atom stereocenters. The molecule has 1 N–H and O–H groups in total. The molecule has 2 aliphatic heterocycles. The first-order valence-corrected chi connectivity index (χ1v) is 12.6. The van der Waals surface area contributed by atoms with Gasteiger partial charge in [0, 0.05) is 25.3 Å². The van der Waals surface area contributed by atoms with E-state index < -0.39 is 34.6 Å². The van der Waals surface area contributed by atoms with E-state index in [-0.39, 0.29) is 41.6 Å². The average Bonchev–Trinajstić information content (AvgIpc) is 3.75. The van der Waals surface area contributed by atoms with Crippen molar-refractivity contribution in [1.82, 2.24) is 14.5 Å². The number of anilines is 1. The van der Waals surface area contributed by atoms with Gasteiger partial charge in [-0.1, -0.05) is 12.1 Å². The molecule has 1 saturated heterocycles. The molecule has 6 rings (SSSR count). The Hall–Kier alpha value is -4.85. The molecule has 196 valence electrons. The SMILES string of the molecule is N#CC(CN1C(=O)c2ccccc2C1=O)=C1CCCN(c2nc3c(cc2F)c(=O)c(C(=O)O)cn3C2CC2)C1. The van der Waals surface area contributed by atoms with Crippen molar-refractivity contribution in [2.75, 3.05) is 24.5 Å². The maximum absolute atomic E-state index is 15.4. The quantitative estimate of drug-likeness (QED) is 0.394. The zero-order valence-electron chi connectivity index (χ0n) is 20.7. The molecule has 11 heteroatoms. The van der Waals surface area contributed by atoms with Gasteiger partial charge in [-0.2, -0.15) is 5.26 Å². The van der Waals surface area contributed by atoms with Crippen molar-refractivity contribution >= 4 is 34.6 Å². The highest BCUT2D eigenvalue weighted by Crippen LogP contribution is 2.37. The molecule has 0 radical (unpaired) electrons. The smallest absolute Gasteiger partial charge is 0.341 e. The zero-order chi connectivity index (χ0) is 27.4. The summed E-state index contributed by atoms with van der Waals surface area (Å²) in [5, 5.41) is 19.3. The number of carbonyl (C=O) groups excluding carboxylic acids is 2. The van der Waals surface area contributed by atoms with Crippen molar-refractivity contribution in [2.24, 2.45) is 0 Å². The average molecular weight is 528 g/mol. The number of aromatic nitrogens is 2. The molecular formula is C28H22FN5O5. The highest BCUT2D eigenvalue weighted by atomic mass is 19.1. The Balaban J connectivity index is 1.35. The van der Waals surface area contributed by atoms with Crippen molar-refractivity contribution in [3.63, 3.8) is 0 Å². The van der Waals surface area contributed by atoms with Gasteiger partial charge in [0.25, 0.3) is 11.8 Å². The van der Waals surface area contributed by atoms with Crippen LogP contribution in [0.1, 0.15) is 62.8 Å². The second-order valence-corrected chi connectivity index (χ2v) is 9.94. The number of pyridine rings is 2. The van der Waals surface area contributed by atoms with Crippen molar-refractivity contribution in [1.29, 1.82) is 5.26 Å². The van der Waals surface area contributed by atoms with Crippen molar-refractivity contribution in [3.05, 3.63) is 80.4 Å². The monoisotopic (exact) mass is 527 g/mol. The number of carboxylic acids is 1. The maximum atomic E-state index is 15.4. The first-order valence-electron chi connectivity index (χ1n) is 12.6. The highest BCUT2D eigenvalue weighted by Gasteiger charge is 2.36. The lowest BCUT2D eigenvalue weighted by molar-refractivity contribution is 0.0663. The number of amides is 2. The molecule has 3 aliphatic rings. The van der Waals surface area contributed by atoms with E-state index in [2.05, 4.69) is 11.1 Å². The number of nitriles is 1. The van der Waals surface area contributed by atoms with Gasteiger partial charge < -0.3 is 14.6 Å². The van der Waals surface area contributed by atoms with Gasteiger partial charge >= 0.3 is 5.97 Å². The number of hydrogen-bond donors (Lipinski definition) is 1. The van der Waals surface area contributed by atoms with E-state index in [4.69, 9.17) is 0 Å². The third kappa shape index (κ3) is 4.05. The second-order valence-electron chi connectivity index (χ2n) is 9.94. The molecule has 1 saturated carbocycles. The van der Waals surface area contributed by atoms with E-state index in [0.29, 0.717) is 36.1 Å². The Morgan fingerprint density at radius 2 is 1.85 bits per heavy atom. The number of nitrogens with zero attached hydrogens (tertiary/aromatic N) is 5. The van der Waals surface area contributed by atoms with Crippen molar-refractivity contribution in [3.8, 4) is 6.07 Å². The molecule has 0 unspecified atom stereocenters. The fraction of sp³-hybridized carbons (Fsp3) is 0.286. The van der Waals surface area contributed by atoms with Crippen LogP contribution in [0.15, 0.2) is 52.5 Å². The van der Waals surface area contributed by atoms with Crippen LogP contribution in [0.4, 0.5) is 10.2 Å². The van der Waals surface area contributed by atoms with E-state index in [0.717, 1.165) is 23.8 Å². The molecule has 2 amide bonds. The number of imide groups is 1. The Morgan fingerprint density at radius 3 is 2.46 bits per heavy atom. The number of rotatable bonds is 5. The second kappa shape index (κ2) is 9.16. The van der Waals surface area contributed by atoms with Gasteiger partial charge in [0.1, 0.15) is 11.2 Å². The predicted molar refractivity (Wildman–Crippen MR) is 137 cm³/mol. The van der Waals surface area contributed by atoms with Crippen LogP contribution in [0.3, 0.4) is 0 Å². The summed E-state index contributed by atoms with van der Waals surface area (Å²) in [7, 11) is 0. The zero-order valence-corrected chi connectivity index (χ0v) is 20.7. The lowest BCUT2D eigenvalue weighted by Crippen LogP contribution is -2.36. The number of benzene rings is 1. The highest BCUT2D eigenvalue weighted by molar-refractivity contribution is 6.21. The minimum atomic E-state index is -1.38. The lowest BCUT2D eigenvalue weighted by atomic mass is 9.98. The summed E-state index contributed by atoms with van der Waals surface area (Å²) >= 11 is 0. The molecule has 1 aromatic carbocycles. The van der Waals surface area contributed by atoms with E-state index in [9.17, 15) is 29.5 Å². The van der Waals surface area contributed by atoms with Gasteiger partial charge in [0.2, 0.25) is 5.43 Å². The number of piperidine rings is 1. The number of carboxylic acid groups (broad SMARTS) is 1. The normalized spacial score (nSPS) is 18.4. The lowest BCUT2D eigenvalue weighted by Gasteiger charge is -2.31. The summed E-state index contributed by atoms with van der Waals surface area (Å²) in [6, 6.07) is 9.65. The fourth-order valence-electron chi connectivity index (χ4n) is 5.31. The molecule has 2 aromatic heterocycles. The van der Waals surface area contributed by atoms with Crippen LogP contribution in [-0.2, 0) is 0 Å². The Labute approximate surface area is 221 Å². The summed E-state index contributed by atoms with van der Waals surface area (Å²) in [5.74, 6) is -3.08. The van der Waals surface area contributed by atoms with E-state index in [1.807, 2.05) is 0 Å². The van der Waals surface area contributed by atoms with Gasteiger partial charge in [-0.3, -0.25) is 19.3 Å². The third-order valence-electron chi connectivity index (χ3n) is 7.45. The summed E-state index contributed by atoms with van der Waals surface area (Å²) < 4.78 is 17.0. The van der Waals surface area contributed by atoms with Crippen LogP contribution in [0.5, 0.6) is 0 Å². The number of halogens is 1. The molecule has 0 bridgehead atoms. The maximum Gasteiger partial charge on any atom is 0.341 e. The Bertz CT molecular complexity index is 1700. The van der Waals surface area contributed by atoms with Gasteiger partial charge in [0.05, 0.1) is 34.7 Å². The van der Waals surface area contributed by atoms with Crippen LogP contribution in [0, 0.1) is 17.1 Å². The standard InChI is InChI=1S/C28H22FN5O5/c29-22-10-20-23(35)21(28(38)39)14-33(17-7-8-17)24(20)31-25(22)32-9-3-4-15(12-32)16(11-30)13-34-26(36)18-5-1-2-6-19(18)27(34)37/h1-2,5-6,10,14,17H,3-4,7-9,12-13H2,(H,38,39). The molecule has 1 aliphatic carbocycles. The molecule has 39 heavy (non-hydrogen) atoms. The van der Waals surface area contributed by atoms with Crippen LogP contribution in [-0.4, -0.2) is 57.0 Å². The summed E-state index contributed by atoms with van der Waals surface area (Å²) in [4.78, 5) is 57.2. The minimum Gasteiger partial charge on any atom is -0.477 e. The fourth-order valence-corrected chi connectivity index (χ4v) is 5.31. The van der Waals surface area contributed by atoms with Crippen molar-refractivity contribution < 1.29 is 23.9 Å².